The number of nitrogens with one attached hydrogen (secondary N) is 2. The number of rotatable bonds is 11. The second-order valence-corrected chi connectivity index (χ2v) is 9.38. The number of aryl methyl sites for hydroxylation is 2. The zero-order valence-electron chi connectivity index (χ0n) is 21.0. The highest BCUT2D eigenvalue weighted by atomic mass is 32.1. The fraction of sp³-hybridized carbons (Fsp3) is 0.179. The molecule has 4 aromatic rings. The first-order valence-corrected chi connectivity index (χ1v) is 12.7. The van der Waals surface area contributed by atoms with Crippen molar-refractivity contribution in [2.75, 3.05) is 18.5 Å². The van der Waals surface area contributed by atoms with E-state index < -0.39 is 0 Å². The van der Waals surface area contributed by atoms with Crippen LogP contribution in [-0.4, -0.2) is 41.4 Å². The van der Waals surface area contributed by atoms with Gasteiger partial charge in [-0.25, -0.2) is 5.43 Å². The lowest BCUT2D eigenvalue weighted by molar-refractivity contribution is -0.120. The number of aromatic nitrogens is 2. The summed E-state index contributed by atoms with van der Waals surface area (Å²) in [6, 6.07) is 22.4. The third kappa shape index (κ3) is 7.97. The average Bonchev–Trinajstić information content (AvgIpc) is 3.34. The van der Waals surface area contributed by atoms with Gasteiger partial charge in [0.25, 0.3) is 5.91 Å². The molecule has 194 valence electrons. The number of anilines is 1. The second-order valence-electron chi connectivity index (χ2n) is 8.32. The lowest BCUT2D eigenvalue weighted by atomic mass is 10.1. The summed E-state index contributed by atoms with van der Waals surface area (Å²) in [4.78, 5) is 24.6. The van der Waals surface area contributed by atoms with E-state index in [0.29, 0.717) is 34.7 Å². The molecule has 0 atom stereocenters. The van der Waals surface area contributed by atoms with Gasteiger partial charge in [0.15, 0.2) is 0 Å². The Morgan fingerprint density at radius 3 is 2.45 bits per heavy atom. The van der Waals surface area contributed by atoms with Crippen LogP contribution in [0.25, 0.3) is 0 Å². The molecule has 0 unspecified atom stereocenters. The van der Waals surface area contributed by atoms with Crippen LogP contribution in [0, 0.1) is 13.8 Å². The first kappa shape index (κ1) is 26.5. The number of hydrogen-bond donors (Lipinski definition) is 2. The summed E-state index contributed by atoms with van der Waals surface area (Å²) in [5, 5.41) is 15.4. The normalized spacial score (nSPS) is 10.8. The number of amides is 2. The van der Waals surface area contributed by atoms with E-state index >= 15 is 0 Å². The van der Waals surface area contributed by atoms with Gasteiger partial charge in [0.1, 0.15) is 29.7 Å². The van der Waals surface area contributed by atoms with E-state index in [1.165, 1.54) is 6.21 Å². The number of hydrogen-bond acceptors (Lipinski definition) is 8. The Bertz CT molecular complexity index is 1420. The number of hydrazone groups is 1. The first-order valence-electron chi connectivity index (χ1n) is 11.9. The fourth-order valence-electron chi connectivity index (χ4n) is 3.40. The van der Waals surface area contributed by atoms with Gasteiger partial charge in [-0.15, -0.1) is 10.2 Å². The zero-order chi connectivity index (χ0) is 26.7. The van der Waals surface area contributed by atoms with E-state index in [9.17, 15) is 9.59 Å². The molecule has 0 aliphatic rings. The van der Waals surface area contributed by atoms with E-state index in [1.807, 2.05) is 74.5 Å². The molecule has 9 nitrogen and oxygen atoms in total. The molecule has 2 N–H and O–H groups in total. The summed E-state index contributed by atoms with van der Waals surface area (Å²) < 4.78 is 11.4. The molecular formula is C28H27N5O4S. The van der Waals surface area contributed by atoms with Crippen LogP contribution in [0.15, 0.2) is 77.9 Å². The van der Waals surface area contributed by atoms with Crippen molar-refractivity contribution in [3.05, 3.63) is 100 Å². The quantitative estimate of drug-likeness (QED) is 0.167. The van der Waals surface area contributed by atoms with Crippen LogP contribution in [0.2, 0.25) is 0 Å². The number of nitrogens with zero attached hydrogens (tertiary/aromatic N) is 3. The molecule has 0 radical (unpaired) electrons. The molecule has 10 heteroatoms. The van der Waals surface area contributed by atoms with Crippen molar-refractivity contribution in [2.24, 2.45) is 5.10 Å². The first-order chi connectivity index (χ1) is 18.5. The van der Waals surface area contributed by atoms with Crippen molar-refractivity contribution >= 4 is 34.5 Å². The van der Waals surface area contributed by atoms with Gasteiger partial charge >= 0.3 is 0 Å². The Hall–Kier alpha value is -4.57. The smallest absolute Gasteiger partial charge is 0.257 e. The standard InChI is InChI=1S/C28H27N5O4S/c1-19-6-5-8-23(16-19)37-15-14-36-22-12-10-21(11-13-22)18-29-31-25(34)17-26-32-33-28(38-26)30-27(35)24-9-4-3-7-20(24)2/h3-13,16,18H,14-15,17H2,1-2H3,(H,31,34)(H,30,33,35)/b29-18+. The minimum absolute atomic E-state index is 0.00730. The number of carbonyl (C=O) groups is 2. The Morgan fingerprint density at radius 2 is 1.68 bits per heavy atom. The molecule has 4 rings (SSSR count). The molecule has 38 heavy (non-hydrogen) atoms. The van der Waals surface area contributed by atoms with Crippen LogP contribution in [0.5, 0.6) is 11.5 Å². The van der Waals surface area contributed by atoms with Gasteiger partial charge in [-0.1, -0.05) is 41.7 Å². The number of benzene rings is 3. The molecule has 0 aliphatic heterocycles. The van der Waals surface area contributed by atoms with E-state index in [0.717, 1.165) is 33.8 Å². The Labute approximate surface area is 224 Å². The number of ether oxygens (including phenoxy) is 2. The van der Waals surface area contributed by atoms with E-state index in [4.69, 9.17) is 9.47 Å². The topological polar surface area (TPSA) is 115 Å². The lowest BCUT2D eigenvalue weighted by Crippen LogP contribution is -2.19. The maximum absolute atomic E-state index is 12.4. The number of carbonyl (C=O) groups excluding carboxylic acids is 2. The molecule has 0 fully saturated rings. The summed E-state index contributed by atoms with van der Waals surface area (Å²) in [7, 11) is 0. The molecule has 0 aliphatic carbocycles. The van der Waals surface area contributed by atoms with Crippen molar-refractivity contribution in [1.82, 2.24) is 15.6 Å². The van der Waals surface area contributed by atoms with Gasteiger partial charge in [0.05, 0.1) is 12.6 Å². The maximum Gasteiger partial charge on any atom is 0.257 e. The van der Waals surface area contributed by atoms with Gasteiger partial charge in [0, 0.05) is 5.56 Å². The van der Waals surface area contributed by atoms with Crippen LogP contribution in [0.3, 0.4) is 0 Å². The van der Waals surface area contributed by atoms with Crippen LogP contribution in [0.1, 0.15) is 32.1 Å². The summed E-state index contributed by atoms with van der Waals surface area (Å²) in [6.07, 6.45) is 1.53. The van der Waals surface area contributed by atoms with Crippen molar-refractivity contribution < 1.29 is 19.1 Å². The van der Waals surface area contributed by atoms with Gasteiger partial charge in [0.2, 0.25) is 11.0 Å². The third-order valence-electron chi connectivity index (χ3n) is 5.28. The third-order valence-corrected chi connectivity index (χ3v) is 6.12. The molecule has 1 aromatic heterocycles. The van der Waals surface area contributed by atoms with E-state index in [-0.39, 0.29) is 18.2 Å². The monoisotopic (exact) mass is 529 g/mol. The predicted molar refractivity (Wildman–Crippen MR) is 147 cm³/mol. The van der Waals surface area contributed by atoms with Gasteiger partial charge in [-0.05, 0) is 73.0 Å². The van der Waals surface area contributed by atoms with Crippen molar-refractivity contribution in [1.29, 1.82) is 0 Å². The van der Waals surface area contributed by atoms with Crippen molar-refractivity contribution in [3.63, 3.8) is 0 Å². The van der Waals surface area contributed by atoms with Crippen LogP contribution in [0.4, 0.5) is 5.13 Å². The lowest BCUT2D eigenvalue weighted by Gasteiger charge is -2.09. The highest BCUT2D eigenvalue weighted by molar-refractivity contribution is 7.15. The SMILES string of the molecule is Cc1cccc(OCCOc2ccc(/C=N/NC(=O)Cc3nnc(NC(=O)c4ccccc4C)s3)cc2)c1. The minimum atomic E-state index is -0.345. The summed E-state index contributed by atoms with van der Waals surface area (Å²) in [5.74, 6) is 0.911. The predicted octanol–water partition coefficient (Wildman–Crippen LogP) is 4.56. The fourth-order valence-corrected chi connectivity index (χ4v) is 4.13. The largest absolute Gasteiger partial charge is 0.490 e. The second kappa shape index (κ2) is 13.1. The van der Waals surface area contributed by atoms with E-state index in [1.54, 1.807) is 12.1 Å². The summed E-state index contributed by atoms with van der Waals surface area (Å²) in [6.45, 7) is 4.73. The molecular weight excluding hydrogens is 502 g/mol. The van der Waals surface area contributed by atoms with E-state index in [2.05, 4.69) is 26.0 Å². The minimum Gasteiger partial charge on any atom is -0.490 e. The molecule has 2 amide bonds. The van der Waals surface area contributed by atoms with Crippen molar-refractivity contribution in [2.45, 2.75) is 20.3 Å². The highest BCUT2D eigenvalue weighted by Gasteiger charge is 2.13. The highest BCUT2D eigenvalue weighted by Crippen LogP contribution is 2.18. The van der Waals surface area contributed by atoms with Crippen LogP contribution < -0.4 is 20.2 Å². The molecule has 0 bridgehead atoms. The molecule has 0 saturated carbocycles. The van der Waals surface area contributed by atoms with Gasteiger partial charge < -0.3 is 9.47 Å². The molecule has 1 heterocycles. The average molecular weight is 530 g/mol. The van der Waals surface area contributed by atoms with Crippen molar-refractivity contribution in [3.8, 4) is 11.5 Å². The molecule has 3 aromatic carbocycles. The molecule has 0 saturated heterocycles. The zero-order valence-corrected chi connectivity index (χ0v) is 21.8. The summed E-state index contributed by atoms with van der Waals surface area (Å²) >= 11 is 1.14. The molecule has 0 spiro atoms. The summed E-state index contributed by atoms with van der Waals surface area (Å²) in [5.41, 5.74) is 5.83. The Kier molecular flexibility index (Phi) is 9.14. The van der Waals surface area contributed by atoms with Crippen LogP contribution >= 0.6 is 11.3 Å². The van der Waals surface area contributed by atoms with Gasteiger partial charge in [-0.2, -0.15) is 5.10 Å². The maximum atomic E-state index is 12.4. The Morgan fingerprint density at radius 1 is 0.921 bits per heavy atom. The van der Waals surface area contributed by atoms with Crippen LogP contribution in [-0.2, 0) is 11.2 Å². The van der Waals surface area contributed by atoms with Gasteiger partial charge in [-0.3, -0.25) is 14.9 Å². The Balaban J connectivity index is 1.17.